The van der Waals surface area contributed by atoms with E-state index in [1.54, 1.807) is 6.07 Å². The minimum absolute atomic E-state index is 0.236. The maximum Gasteiger partial charge on any atom is 0.101 e. The monoisotopic (exact) mass is 94.1 g/mol. The predicted octanol–water partition coefficient (Wildman–Crippen LogP) is 0.539. The van der Waals surface area contributed by atoms with Crippen LogP contribution in [0.1, 0.15) is 0 Å². The Bertz CT molecular complexity index is 139. The molecule has 0 saturated heterocycles. The van der Waals surface area contributed by atoms with Gasteiger partial charge in [-0.05, 0) is 0 Å². The minimum Gasteiger partial charge on any atom is -0.398 e. The highest BCUT2D eigenvalue weighted by molar-refractivity contribution is 5.34. The molecule has 0 radical (unpaired) electrons. The maximum atomic E-state index is 8.01. The van der Waals surface area contributed by atoms with Gasteiger partial charge in [0.1, 0.15) is 6.07 Å². The van der Waals surface area contributed by atoms with Crippen LogP contribution in [0.15, 0.2) is 24.4 Å². The average molecular weight is 94.1 g/mol. The van der Waals surface area contributed by atoms with Gasteiger partial charge in [0.15, 0.2) is 0 Å². The van der Waals surface area contributed by atoms with E-state index in [2.05, 4.69) is 13.2 Å². The summed E-state index contributed by atoms with van der Waals surface area (Å²) in [6.07, 6.45) is 0. The first-order valence-corrected chi connectivity index (χ1v) is 1.72. The Labute approximate surface area is 42.6 Å². The largest absolute Gasteiger partial charge is 0.398 e. The van der Waals surface area contributed by atoms with Crippen molar-refractivity contribution in [3.8, 4) is 6.07 Å². The molecule has 7 heavy (non-hydrogen) atoms. The molecule has 0 saturated carbocycles. The van der Waals surface area contributed by atoms with Crippen LogP contribution < -0.4 is 5.73 Å². The summed E-state index contributed by atoms with van der Waals surface area (Å²) in [5.41, 5.74) is 5.50. The van der Waals surface area contributed by atoms with Crippen molar-refractivity contribution >= 4 is 0 Å². The number of hydrogen-bond acceptors (Lipinski definition) is 2. The normalized spacial score (nSPS) is 6.71. The van der Waals surface area contributed by atoms with Gasteiger partial charge >= 0.3 is 0 Å². The maximum absolute atomic E-state index is 8.01. The molecule has 0 fully saturated rings. The third-order valence-electron chi connectivity index (χ3n) is 0.523. The zero-order valence-corrected chi connectivity index (χ0v) is 3.94. The second-order valence-corrected chi connectivity index (χ2v) is 1.12. The van der Waals surface area contributed by atoms with Gasteiger partial charge in [0.25, 0.3) is 0 Å². The third kappa shape index (κ3) is 1.61. The summed E-state index contributed by atoms with van der Waals surface area (Å²) in [6, 6.07) is 1.75. The third-order valence-corrected chi connectivity index (χ3v) is 0.523. The number of nitrogens with two attached hydrogens (primary N) is 1. The Balaban J connectivity index is 3.90. The van der Waals surface area contributed by atoms with E-state index in [9.17, 15) is 0 Å². The quantitative estimate of drug-likeness (QED) is 0.381. The molecule has 2 heteroatoms. The van der Waals surface area contributed by atoms with Gasteiger partial charge in [-0.25, -0.2) is 0 Å². The highest BCUT2D eigenvalue weighted by Gasteiger charge is 1.86. The lowest BCUT2D eigenvalue weighted by molar-refractivity contribution is 1.37. The number of allylic oxidation sites excluding steroid dienone is 1. The Kier molecular flexibility index (Phi) is 1.68. The molecule has 2 nitrogen and oxygen atoms in total. The molecule has 2 N–H and O–H groups in total. The van der Waals surface area contributed by atoms with Crippen molar-refractivity contribution in [3.63, 3.8) is 0 Å². The SMILES string of the molecule is C=C(N)C(=C)C#N. The highest BCUT2D eigenvalue weighted by Crippen LogP contribution is 1.91. The minimum atomic E-state index is 0.236. The summed E-state index contributed by atoms with van der Waals surface area (Å²) >= 11 is 0. The summed E-state index contributed by atoms with van der Waals surface area (Å²) in [6.45, 7) is 6.57. The molecule has 0 amide bonds. The Morgan fingerprint density at radius 3 is 2.00 bits per heavy atom. The average Bonchev–Trinajstić information content (AvgIpc) is 1.65. The van der Waals surface area contributed by atoms with Crippen LogP contribution in [0, 0.1) is 11.3 Å². The number of nitrogens with zero attached hydrogens (tertiary/aromatic N) is 1. The van der Waals surface area contributed by atoms with Crippen LogP contribution >= 0.6 is 0 Å². The van der Waals surface area contributed by atoms with E-state index in [0.717, 1.165) is 0 Å². The van der Waals surface area contributed by atoms with Gasteiger partial charge in [-0.15, -0.1) is 0 Å². The Hall–Kier alpha value is -1.23. The molecule has 36 valence electrons. The van der Waals surface area contributed by atoms with Gasteiger partial charge < -0.3 is 5.73 Å². The second-order valence-electron chi connectivity index (χ2n) is 1.12. The number of hydrogen-bond donors (Lipinski definition) is 1. The molecular formula is C5H6N2. The molecular weight excluding hydrogens is 88.1 g/mol. The fraction of sp³-hybridized carbons (Fsp3) is 0. The molecule has 0 heterocycles. The topological polar surface area (TPSA) is 49.8 Å². The van der Waals surface area contributed by atoms with Crippen LogP contribution in [0.2, 0.25) is 0 Å². The predicted molar refractivity (Wildman–Crippen MR) is 28.1 cm³/mol. The van der Waals surface area contributed by atoms with E-state index in [-0.39, 0.29) is 11.3 Å². The number of rotatable bonds is 1. The van der Waals surface area contributed by atoms with E-state index in [1.807, 2.05) is 0 Å². The first-order chi connectivity index (χ1) is 3.18. The Morgan fingerprint density at radius 1 is 1.57 bits per heavy atom. The van der Waals surface area contributed by atoms with E-state index in [4.69, 9.17) is 11.0 Å². The van der Waals surface area contributed by atoms with E-state index < -0.39 is 0 Å². The Morgan fingerprint density at radius 2 is 2.00 bits per heavy atom. The summed E-state index contributed by atoms with van der Waals surface area (Å²) in [4.78, 5) is 0. The van der Waals surface area contributed by atoms with Crippen LogP contribution in [0.3, 0.4) is 0 Å². The fourth-order valence-electron chi connectivity index (χ4n) is 0.0718. The van der Waals surface area contributed by atoms with Crippen LogP contribution in [-0.2, 0) is 0 Å². The lowest BCUT2D eigenvalue weighted by Gasteiger charge is -1.86. The lowest BCUT2D eigenvalue weighted by atomic mass is 10.3. The molecule has 0 aliphatic heterocycles. The van der Waals surface area contributed by atoms with Crippen molar-refractivity contribution < 1.29 is 0 Å². The van der Waals surface area contributed by atoms with E-state index in [1.165, 1.54) is 0 Å². The summed E-state index contributed by atoms with van der Waals surface area (Å²) in [5.74, 6) is 0. The van der Waals surface area contributed by atoms with Crippen molar-refractivity contribution in [1.82, 2.24) is 0 Å². The highest BCUT2D eigenvalue weighted by atomic mass is 14.6. The van der Waals surface area contributed by atoms with Crippen LogP contribution in [0.4, 0.5) is 0 Å². The summed E-state index contributed by atoms with van der Waals surface area (Å²) in [5, 5.41) is 8.01. The zero-order chi connectivity index (χ0) is 5.86. The zero-order valence-electron chi connectivity index (χ0n) is 3.94. The second kappa shape index (κ2) is 2.04. The van der Waals surface area contributed by atoms with Gasteiger partial charge in [-0.2, -0.15) is 5.26 Å². The van der Waals surface area contributed by atoms with E-state index >= 15 is 0 Å². The van der Waals surface area contributed by atoms with Gasteiger partial charge in [0.05, 0.1) is 5.57 Å². The van der Waals surface area contributed by atoms with Crippen molar-refractivity contribution in [2.45, 2.75) is 0 Å². The standard InChI is InChI=1S/C5H6N2/c1-4(3-6)5(2)7/h1-2,7H2. The lowest BCUT2D eigenvalue weighted by Crippen LogP contribution is -1.94. The van der Waals surface area contributed by atoms with Crippen molar-refractivity contribution in [1.29, 1.82) is 5.26 Å². The van der Waals surface area contributed by atoms with Crippen molar-refractivity contribution in [3.05, 3.63) is 24.4 Å². The van der Waals surface area contributed by atoms with Gasteiger partial charge in [0, 0.05) is 5.70 Å². The molecule has 0 spiro atoms. The number of nitriles is 1. The molecule has 0 aliphatic rings. The smallest absolute Gasteiger partial charge is 0.101 e. The molecule has 0 aromatic heterocycles. The van der Waals surface area contributed by atoms with E-state index in [0.29, 0.717) is 0 Å². The van der Waals surface area contributed by atoms with Crippen LogP contribution in [-0.4, -0.2) is 0 Å². The van der Waals surface area contributed by atoms with Crippen LogP contribution in [0.5, 0.6) is 0 Å². The molecule has 0 aromatic rings. The molecule has 0 aromatic carbocycles. The fourth-order valence-corrected chi connectivity index (χ4v) is 0.0718. The molecule has 0 rings (SSSR count). The molecule has 0 unspecified atom stereocenters. The molecule has 0 atom stereocenters. The summed E-state index contributed by atoms with van der Waals surface area (Å²) < 4.78 is 0. The van der Waals surface area contributed by atoms with Gasteiger partial charge in [-0.3, -0.25) is 0 Å². The van der Waals surface area contributed by atoms with Gasteiger partial charge in [0.2, 0.25) is 0 Å². The first-order valence-electron chi connectivity index (χ1n) is 1.72. The van der Waals surface area contributed by atoms with Crippen molar-refractivity contribution in [2.75, 3.05) is 0 Å². The van der Waals surface area contributed by atoms with Crippen molar-refractivity contribution in [2.24, 2.45) is 5.73 Å². The van der Waals surface area contributed by atoms with Crippen LogP contribution in [0.25, 0.3) is 0 Å². The molecule has 0 aliphatic carbocycles. The summed E-state index contributed by atoms with van der Waals surface area (Å²) in [7, 11) is 0. The van der Waals surface area contributed by atoms with Gasteiger partial charge in [-0.1, -0.05) is 13.2 Å². The molecule has 0 bridgehead atoms. The first kappa shape index (κ1) is 5.77.